The summed E-state index contributed by atoms with van der Waals surface area (Å²) in [5.74, 6) is 0.846. The third-order valence-electron chi connectivity index (χ3n) is 3.53. The fourth-order valence-electron chi connectivity index (χ4n) is 2.11. The number of halogens is 2. The molecule has 0 fully saturated rings. The van der Waals surface area contributed by atoms with Gasteiger partial charge in [0.2, 0.25) is 0 Å². The topological polar surface area (TPSA) is 48.9 Å². The number of hydrogen-bond acceptors (Lipinski definition) is 3. The van der Waals surface area contributed by atoms with Gasteiger partial charge in [-0.15, -0.1) is 24.0 Å². The van der Waals surface area contributed by atoms with Crippen molar-refractivity contribution in [2.45, 2.75) is 12.8 Å². The molecule has 138 valence electrons. The second-order valence-corrected chi connectivity index (χ2v) is 5.89. The van der Waals surface area contributed by atoms with E-state index in [4.69, 9.17) is 16.3 Å². The van der Waals surface area contributed by atoms with Crippen molar-refractivity contribution < 1.29 is 4.74 Å². The predicted octanol–water partition coefficient (Wildman–Crippen LogP) is 2.63. The van der Waals surface area contributed by atoms with Crippen molar-refractivity contribution in [1.82, 2.24) is 15.5 Å². The van der Waals surface area contributed by atoms with Gasteiger partial charge in [0.15, 0.2) is 5.96 Å². The van der Waals surface area contributed by atoms with Crippen LogP contribution in [0.4, 0.5) is 0 Å². The van der Waals surface area contributed by atoms with Crippen molar-refractivity contribution in [2.24, 2.45) is 4.99 Å². The van der Waals surface area contributed by atoms with Crippen LogP contribution in [0.25, 0.3) is 0 Å². The van der Waals surface area contributed by atoms with E-state index >= 15 is 0 Å². The molecule has 0 aromatic heterocycles. The number of nitrogens with zero attached hydrogens (tertiary/aromatic N) is 2. The Morgan fingerprint density at radius 3 is 2.46 bits per heavy atom. The molecule has 0 unspecified atom stereocenters. The zero-order chi connectivity index (χ0) is 16.9. The molecule has 0 radical (unpaired) electrons. The smallest absolute Gasteiger partial charge is 0.190 e. The van der Waals surface area contributed by atoms with Crippen LogP contribution in [0.2, 0.25) is 5.02 Å². The van der Waals surface area contributed by atoms with E-state index in [9.17, 15) is 0 Å². The van der Waals surface area contributed by atoms with Gasteiger partial charge in [-0.05, 0) is 44.1 Å². The average Bonchev–Trinajstić information content (AvgIpc) is 2.56. The van der Waals surface area contributed by atoms with Gasteiger partial charge in [-0.3, -0.25) is 4.99 Å². The molecule has 0 aliphatic rings. The molecule has 0 amide bonds. The quantitative estimate of drug-likeness (QED) is 0.240. The summed E-state index contributed by atoms with van der Waals surface area (Å²) in [7, 11) is 5.63. The van der Waals surface area contributed by atoms with Gasteiger partial charge >= 0.3 is 0 Å². The highest BCUT2D eigenvalue weighted by Gasteiger charge is 2.00. The highest BCUT2D eigenvalue weighted by molar-refractivity contribution is 14.0. The summed E-state index contributed by atoms with van der Waals surface area (Å²) in [5.41, 5.74) is 1.26. The lowest BCUT2D eigenvalue weighted by Gasteiger charge is -2.17. The second kappa shape index (κ2) is 14.7. The Balaban J connectivity index is 0.00000529. The fourth-order valence-corrected chi connectivity index (χ4v) is 2.24. The van der Waals surface area contributed by atoms with Crippen molar-refractivity contribution in [3.05, 3.63) is 34.9 Å². The average molecular weight is 469 g/mol. The molecule has 0 bridgehead atoms. The SMILES string of the molecule is CN=C(NCCCN(C)CCOC)NCCc1ccc(Cl)cc1.I. The third-order valence-corrected chi connectivity index (χ3v) is 3.78. The maximum Gasteiger partial charge on any atom is 0.190 e. The van der Waals surface area contributed by atoms with E-state index in [2.05, 4.69) is 39.7 Å². The molecule has 0 atom stereocenters. The van der Waals surface area contributed by atoms with Crippen LogP contribution in [-0.4, -0.2) is 64.9 Å². The summed E-state index contributed by atoms with van der Waals surface area (Å²) in [5, 5.41) is 7.44. The van der Waals surface area contributed by atoms with Gasteiger partial charge in [-0.2, -0.15) is 0 Å². The Bertz CT molecular complexity index is 456. The molecule has 0 spiro atoms. The number of ether oxygens (including phenoxy) is 1. The van der Waals surface area contributed by atoms with E-state index < -0.39 is 0 Å². The van der Waals surface area contributed by atoms with E-state index in [1.165, 1.54) is 5.56 Å². The van der Waals surface area contributed by atoms with Gasteiger partial charge in [0, 0.05) is 38.8 Å². The maximum absolute atomic E-state index is 5.88. The van der Waals surface area contributed by atoms with Gasteiger partial charge in [0.25, 0.3) is 0 Å². The molecule has 2 N–H and O–H groups in total. The molecule has 24 heavy (non-hydrogen) atoms. The van der Waals surface area contributed by atoms with Crippen molar-refractivity contribution in [1.29, 1.82) is 0 Å². The van der Waals surface area contributed by atoms with E-state index in [1.54, 1.807) is 14.2 Å². The lowest BCUT2D eigenvalue weighted by molar-refractivity contribution is 0.161. The van der Waals surface area contributed by atoms with E-state index in [0.717, 1.165) is 56.6 Å². The number of aliphatic imine (C=N–C) groups is 1. The molecule has 0 saturated carbocycles. The third kappa shape index (κ3) is 11.1. The van der Waals surface area contributed by atoms with Crippen molar-refractivity contribution >= 4 is 41.5 Å². The molecule has 1 aromatic carbocycles. The monoisotopic (exact) mass is 468 g/mol. The number of rotatable bonds is 10. The van der Waals surface area contributed by atoms with Gasteiger partial charge in [-0.1, -0.05) is 23.7 Å². The van der Waals surface area contributed by atoms with Gasteiger partial charge in [0.1, 0.15) is 0 Å². The van der Waals surface area contributed by atoms with E-state index in [1.807, 2.05) is 12.1 Å². The lowest BCUT2D eigenvalue weighted by atomic mass is 10.1. The first-order valence-corrected chi connectivity index (χ1v) is 8.40. The second-order valence-electron chi connectivity index (χ2n) is 5.45. The first-order chi connectivity index (χ1) is 11.2. The van der Waals surface area contributed by atoms with Crippen molar-refractivity contribution in [2.75, 3.05) is 54.0 Å². The van der Waals surface area contributed by atoms with Crippen LogP contribution < -0.4 is 10.6 Å². The maximum atomic E-state index is 5.88. The van der Waals surface area contributed by atoms with Crippen LogP contribution in [0, 0.1) is 0 Å². The minimum Gasteiger partial charge on any atom is -0.383 e. The molecule has 0 heterocycles. The predicted molar refractivity (Wildman–Crippen MR) is 114 cm³/mol. The standard InChI is InChI=1S/C17H29ClN4O.HI/c1-19-17(20-10-4-12-22(2)13-14-23-3)21-11-9-15-5-7-16(18)8-6-15;/h5-8H,4,9-14H2,1-3H3,(H2,19,20,21);1H. The van der Waals surface area contributed by atoms with Crippen LogP contribution in [0.5, 0.6) is 0 Å². The first-order valence-electron chi connectivity index (χ1n) is 8.02. The molecule has 7 heteroatoms. The molecule has 1 rings (SSSR count). The molecule has 5 nitrogen and oxygen atoms in total. The summed E-state index contributed by atoms with van der Waals surface area (Å²) >= 11 is 5.88. The number of hydrogen-bond donors (Lipinski definition) is 2. The fraction of sp³-hybridized carbons (Fsp3) is 0.588. The number of nitrogens with one attached hydrogen (secondary N) is 2. The van der Waals surface area contributed by atoms with Crippen LogP contribution in [0.3, 0.4) is 0 Å². The molecule has 1 aromatic rings. The van der Waals surface area contributed by atoms with Crippen LogP contribution >= 0.6 is 35.6 Å². The van der Waals surface area contributed by atoms with Crippen LogP contribution in [0.15, 0.2) is 29.3 Å². The minimum absolute atomic E-state index is 0. The Morgan fingerprint density at radius 2 is 1.83 bits per heavy atom. The van der Waals surface area contributed by atoms with Gasteiger partial charge in [0.05, 0.1) is 6.61 Å². The van der Waals surface area contributed by atoms with E-state index in [0.29, 0.717) is 0 Å². The Labute approximate surface area is 168 Å². The summed E-state index contributed by atoms with van der Waals surface area (Å²) in [6.07, 6.45) is 2.01. The molecule has 0 saturated heterocycles. The Morgan fingerprint density at radius 1 is 1.17 bits per heavy atom. The van der Waals surface area contributed by atoms with Crippen molar-refractivity contribution in [3.63, 3.8) is 0 Å². The first kappa shape index (κ1) is 23.4. The van der Waals surface area contributed by atoms with Crippen LogP contribution in [0.1, 0.15) is 12.0 Å². The summed E-state index contributed by atoms with van der Waals surface area (Å²) in [6.45, 7) is 4.52. The van der Waals surface area contributed by atoms with Crippen LogP contribution in [-0.2, 0) is 11.2 Å². The molecular weight excluding hydrogens is 439 g/mol. The number of methoxy groups -OCH3 is 1. The Kier molecular flexibility index (Phi) is 14.4. The highest BCUT2D eigenvalue weighted by atomic mass is 127. The van der Waals surface area contributed by atoms with Gasteiger partial charge in [-0.25, -0.2) is 0 Å². The Hall–Kier alpha value is -0.570. The highest BCUT2D eigenvalue weighted by Crippen LogP contribution is 2.09. The minimum atomic E-state index is 0. The van der Waals surface area contributed by atoms with Gasteiger partial charge < -0.3 is 20.3 Å². The number of benzene rings is 1. The summed E-state index contributed by atoms with van der Waals surface area (Å²) in [4.78, 5) is 6.51. The normalized spacial score (nSPS) is 11.3. The lowest BCUT2D eigenvalue weighted by Crippen LogP contribution is -2.39. The number of likely N-dealkylation sites (N-methyl/N-ethyl adjacent to an activating group) is 1. The molecule has 0 aliphatic carbocycles. The zero-order valence-corrected chi connectivity index (χ0v) is 17.9. The largest absolute Gasteiger partial charge is 0.383 e. The van der Waals surface area contributed by atoms with E-state index in [-0.39, 0.29) is 24.0 Å². The molecule has 0 aliphatic heterocycles. The van der Waals surface area contributed by atoms with Crippen molar-refractivity contribution in [3.8, 4) is 0 Å². The zero-order valence-electron chi connectivity index (χ0n) is 14.8. The summed E-state index contributed by atoms with van der Waals surface area (Å²) in [6, 6.07) is 7.94. The summed E-state index contributed by atoms with van der Waals surface area (Å²) < 4.78 is 5.07. The number of guanidine groups is 1. The molecular formula is C17H30ClIN4O.